The SMILES string of the molecule is C[C@@H]1c2c(F)cccc2CCN1C[C@H]1CCCN(S(C)(=O)=O)C1. The Bertz CT molecular complexity index is 677. The van der Waals surface area contributed by atoms with Crippen molar-refractivity contribution in [2.24, 2.45) is 5.92 Å². The van der Waals surface area contributed by atoms with Crippen LogP contribution in [0.1, 0.15) is 36.9 Å². The molecular weight excluding hydrogens is 315 g/mol. The molecule has 0 radical (unpaired) electrons. The van der Waals surface area contributed by atoms with Crippen molar-refractivity contribution in [3.63, 3.8) is 0 Å². The molecule has 2 atom stereocenters. The molecule has 1 aromatic carbocycles. The van der Waals surface area contributed by atoms with Crippen molar-refractivity contribution in [3.05, 3.63) is 35.1 Å². The highest BCUT2D eigenvalue weighted by atomic mass is 32.2. The first-order valence-corrected chi connectivity index (χ1v) is 10.2. The molecule has 0 N–H and O–H groups in total. The van der Waals surface area contributed by atoms with Gasteiger partial charge in [0, 0.05) is 37.8 Å². The number of sulfonamides is 1. The summed E-state index contributed by atoms with van der Waals surface area (Å²) in [5.41, 5.74) is 1.92. The monoisotopic (exact) mass is 340 g/mol. The van der Waals surface area contributed by atoms with Gasteiger partial charge in [-0.2, -0.15) is 0 Å². The molecule has 0 aliphatic carbocycles. The zero-order chi connectivity index (χ0) is 16.6. The van der Waals surface area contributed by atoms with Crippen LogP contribution in [0, 0.1) is 11.7 Å². The van der Waals surface area contributed by atoms with Gasteiger partial charge in [-0.25, -0.2) is 17.1 Å². The van der Waals surface area contributed by atoms with Crippen LogP contribution >= 0.6 is 0 Å². The topological polar surface area (TPSA) is 40.6 Å². The van der Waals surface area contributed by atoms with E-state index in [4.69, 9.17) is 0 Å². The van der Waals surface area contributed by atoms with E-state index in [1.165, 1.54) is 12.3 Å². The largest absolute Gasteiger partial charge is 0.296 e. The first-order valence-electron chi connectivity index (χ1n) is 8.32. The number of piperidine rings is 1. The maximum Gasteiger partial charge on any atom is 0.211 e. The predicted molar refractivity (Wildman–Crippen MR) is 89.2 cm³/mol. The number of hydrogen-bond acceptors (Lipinski definition) is 3. The highest BCUT2D eigenvalue weighted by Gasteiger charge is 2.31. The summed E-state index contributed by atoms with van der Waals surface area (Å²) in [5, 5.41) is 0. The molecule has 0 amide bonds. The smallest absolute Gasteiger partial charge is 0.211 e. The summed E-state index contributed by atoms with van der Waals surface area (Å²) in [6.07, 6.45) is 4.09. The van der Waals surface area contributed by atoms with Crippen LogP contribution in [0.15, 0.2) is 18.2 Å². The Balaban J connectivity index is 1.71. The van der Waals surface area contributed by atoms with Gasteiger partial charge in [0.05, 0.1) is 6.26 Å². The number of benzene rings is 1. The second-order valence-electron chi connectivity index (χ2n) is 6.86. The summed E-state index contributed by atoms with van der Waals surface area (Å²) in [6, 6.07) is 5.37. The van der Waals surface area contributed by atoms with E-state index in [9.17, 15) is 12.8 Å². The molecule has 23 heavy (non-hydrogen) atoms. The molecule has 0 spiro atoms. The summed E-state index contributed by atoms with van der Waals surface area (Å²) in [4.78, 5) is 2.31. The molecule has 2 aliphatic rings. The molecular formula is C17H25FN2O2S. The molecule has 4 nitrogen and oxygen atoms in total. The van der Waals surface area contributed by atoms with E-state index >= 15 is 0 Å². The van der Waals surface area contributed by atoms with E-state index in [0.29, 0.717) is 19.0 Å². The van der Waals surface area contributed by atoms with Crippen LogP contribution in [-0.4, -0.2) is 50.1 Å². The van der Waals surface area contributed by atoms with Gasteiger partial charge in [0.15, 0.2) is 0 Å². The van der Waals surface area contributed by atoms with E-state index in [-0.39, 0.29) is 11.9 Å². The lowest BCUT2D eigenvalue weighted by Crippen LogP contribution is -2.45. The predicted octanol–water partition coefficient (Wildman–Crippen LogP) is 2.42. The third-order valence-electron chi connectivity index (χ3n) is 5.22. The summed E-state index contributed by atoms with van der Waals surface area (Å²) < 4.78 is 39.3. The van der Waals surface area contributed by atoms with Crippen molar-refractivity contribution in [2.75, 3.05) is 32.4 Å². The van der Waals surface area contributed by atoms with Crippen LogP contribution in [0.2, 0.25) is 0 Å². The maximum absolute atomic E-state index is 14.2. The van der Waals surface area contributed by atoms with Gasteiger partial charge in [-0.3, -0.25) is 4.90 Å². The van der Waals surface area contributed by atoms with Gasteiger partial charge in [-0.1, -0.05) is 12.1 Å². The number of nitrogens with zero attached hydrogens (tertiary/aromatic N) is 2. The first-order chi connectivity index (χ1) is 10.9. The minimum atomic E-state index is -3.11. The Labute approximate surface area is 138 Å². The van der Waals surface area contributed by atoms with Crippen LogP contribution in [0.4, 0.5) is 4.39 Å². The molecule has 2 heterocycles. The summed E-state index contributed by atoms with van der Waals surface area (Å²) in [7, 11) is -3.11. The Kier molecular flexibility index (Phi) is 4.76. The molecule has 1 saturated heterocycles. The van der Waals surface area contributed by atoms with Crippen LogP contribution in [0.5, 0.6) is 0 Å². The van der Waals surface area contributed by atoms with Crippen LogP contribution in [0.3, 0.4) is 0 Å². The third-order valence-corrected chi connectivity index (χ3v) is 6.49. The van der Waals surface area contributed by atoms with Crippen molar-refractivity contribution >= 4 is 10.0 Å². The highest BCUT2D eigenvalue weighted by Crippen LogP contribution is 2.33. The lowest BCUT2D eigenvalue weighted by molar-refractivity contribution is 0.135. The normalized spacial score (nSPS) is 26.9. The molecule has 0 aromatic heterocycles. The molecule has 1 aromatic rings. The van der Waals surface area contributed by atoms with Crippen molar-refractivity contribution in [1.29, 1.82) is 0 Å². The Morgan fingerprint density at radius 1 is 1.30 bits per heavy atom. The molecule has 3 rings (SSSR count). The first kappa shape index (κ1) is 16.9. The minimum absolute atomic E-state index is 0.0496. The number of hydrogen-bond donors (Lipinski definition) is 0. The average Bonchev–Trinajstić information content (AvgIpc) is 2.50. The quantitative estimate of drug-likeness (QED) is 0.848. The molecule has 2 aliphatic heterocycles. The summed E-state index contributed by atoms with van der Waals surface area (Å²) in [5.74, 6) is 0.204. The van der Waals surface area contributed by atoms with Crippen molar-refractivity contribution in [2.45, 2.75) is 32.2 Å². The van der Waals surface area contributed by atoms with E-state index in [1.54, 1.807) is 10.4 Å². The fourth-order valence-electron chi connectivity index (χ4n) is 3.97. The van der Waals surface area contributed by atoms with Gasteiger partial charge in [-0.15, -0.1) is 0 Å². The van der Waals surface area contributed by atoms with Crippen LogP contribution in [0.25, 0.3) is 0 Å². The molecule has 6 heteroatoms. The van der Waals surface area contributed by atoms with E-state index in [1.807, 2.05) is 6.07 Å². The molecule has 128 valence electrons. The van der Waals surface area contributed by atoms with Gasteiger partial charge in [0.1, 0.15) is 5.82 Å². The number of fused-ring (bicyclic) bond motifs is 1. The highest BCUT2D eigenvalue weighted by molar-refractivity contribution is 7.88. The summed E-state index contributed by atoms with van der Waals surface area (Å²) in [6.45, 7) is 5.01. The average molecular weight is 340 g/mol. The zero-order valence-electron chi connectivity index (χ0n) is 13.8. The second kappa shape index (κ2) is 6.49. The molecule has 1 fully saturated rings. The standard InChI is InChI=1S/C17H25FN2O2S/c1-13-17-15(6-3-7-16(17)18)8-10-19(13)11-14-5-4-9-20(12-14)23(2,21)22/h3,6-7,13-14H,4-5,8-12H2,1-2H3/t13-,14-/m1/s1. The Morgan fingerprint density at radius 2 is 2.09 bits per heavy atom. The minimum Gasteiger partial charge on any atom is -0.296 e. The van der Waals surface area contributed by atoms with Crippen LogP contribution < -0.4 is 0 Å². The Morgan fingerprint density at radius 3 is 2.83 bits per heavy atom. The maximum atomic E-state index is 14.2. The zero-order valence-corrected chi connectivity index (χ0v) is 14.7. The lowest BCUT2D eigenvalue weighted by atomic mass is 9.91. The number of rotatable bonds is 3. The van der Waals surface area contributed by atoms with Crippen molar-refractivity contribution < 1.29 is 12.8 Å². The molecule has 0 saturated carbocycles. The molecule has 0 unspecified atom stereocenters. The van der Waals surface area contributed by atoms with Gasteiger partial charge >= 0.3 is 0 Å². The third kappa shape index (κ3) is 3.59. The Hall–Kier alpha value is -0.980. The van der Waals surface area contributed by atoms with E-state index in [2.05, 4.69) is 11.8 Å². The van der Waals surface area contributed by atoms with E-state index < -0.39 is 10.0 Å². The van der Waals surface area contributed by atoms with Gasteiger partial charge < -0.3 is 0 Å². The van der Waals surface area contributed by atoms with Gasteiger partial charge in [0.25, 0.3) is 0 Å². The van der Waals surface area contributed by atoms with Crippen molar-refractivity contribution in [3.8, 4) is 0 Å². The summed E-state index contributed by atoms with van der Waals surface area (Å²) >= 11 is 0. The molecule has 0 bridgehead atoms. The van der Waals surface area contributed by atoms with Gasteiger partial charge in [0.2, 0.25) is 10.0 Å². The van der Waals surface area contributed by atoms with Gasteiger partial charge in [-0.05, 0) is 43.7 Å². The van der Waals surface area contributed by atoms with Crippen LogP contribution in [-0.2, 0) is 16.4 Å². The fraction of sp³-hybridized carbons (Fsp3) is 0.647. The fourth-order valence-corrected chi connectivity index (χ4v) is 4.91. The lowest BCUT2D eigenvalue weighted by Gasteiger charge is -2.40. The number of halogens is 1. The second-order valence-corrected chi connectivity index (χ2v) is 8.85. The van der Waals surface area contributed by atoms with E-state index in [0.717, 1.165) is 43.5 Å². The van der Waals surface area contributed by atoms with Crippen molar-refractivity contribution in [1.82, 2.24) is 9.21 Å².